The standard InChI is InChI=1S/C14H12ClF4N5OS/c15-8-1-2-10(9(16)7-8)20-12(25)23-3-5-24(6-4-23)13-22-21-11(26-13)14(17,18)19/h1-2,7H,3-6H2,(H,20,25). The number of hydrogen-bond acceptors (Lipinski definition) is 5. The van der Waals surface area contributed by atoms with Crippen LogP contribution in [0, 0.1) is 5.82 Å². The number of halogens is 5. The Kier molecular flexibility index (Phi) is 5.19. The second-order valence-electron chi connectivity index (χ2n) is 5.42. The third-order valence-corrected chi connectivity index (χ3v) is 4.93. The van der Waals surface area contributed by atoms with Gasteiger partial charge >= 0.3 is 12.2 Å². The van der Waals surface area contributed by atoms with E-state index in [1.54, 1.807) is 4.90 Å². The Labute approximate surface area is 154 Å². The highest BCUT2D eigenvalue weighted by Gasteiger charge is 2.36. The van der Waals surface area contributed by atoms with Gasteiger partial charge in [0.2, 0.25) is 10.1 Å². The minimum atomic E-state index is -4.53. The molecule has 0 aliphatic carbocycles. The second-order valence-corrected chi connectivity index (χ2v) is 6.81. The van der Waals surface area contributed by atoms with Crippen molar-refractivity contribution in [1.29, 1.82) is 0 Å². The number of carbonyl (C=O) groups is 1. The van der Waals surface area contributed by atoms with Crippen LogP contribution in [0.1, 0.15) is 5.01 Å². The highest BCUT2D eigenvalue weighted by Crippen LogP contribution is 2.34. The zero-order valence-corrected chi connectivity index (χ0v) is 14.6. The van der Waals surface area contributed by atoms with Crippen LogP contribution in [-0.4, -0.2) is 47.3 Å². The van der Waals surface area contributed by atoms with Crippen molar-refractivity contribution in [3.8, 4) is 0 Å². The molecule has 0 saturated carbocycles. The lowest BCUT2D eigenvalue weighted by Crippen LogP contribution is -2.50. The first-order valence-corrected chi connectivity index (χ1v) is 8.60. The number of hydrogen-bond donors (Lipinski definition) is 1. The average Bonchev–Trinajstić information content (AvgIpc) is 3.08. The molecular weight excluding hydrogens is 398 g/mol. The maximum atomic E-state index is 13.7. The first-order valence-electron chi connectivity index (χ1n) is 7.40. The van der Waals surface area contributed by atoms with E-state index in [1.165, 1.54) is 17.0 Å². The van der Waals surface area contributed by atoms with Gasteiger partial charge in [0.15, 0.2) is 0 Å². The highest BCUT2D eigenvalue weighted by molar-refractivity contribution is 7.15. The summed E-state index contributed by atoms with van der Waals surface area (Å²) in [5.74, 6) is -0.655. The molecule has 2 aromatic rings. The quantitative estimate of drug-likeness (QED) is 0.768. The first kappa shape index (κ1) is 18.6. The molecule has 1 N–H and O–H groups in total. The summed E-state index contributed by atoms with van der Waals surface area (Å²) in [6, 6.07) is 3.39. The fraction of sp³-hybridized carbons (Fsp3) is 0.357. The van der Waals surface area contributed by atoms with Crippen LogP contribution in [0.5, 0.6) is 0 Å². The van der Waals surface area contributed by atoms with Crippen molar-refractivity contribution in [2.75, 3.05) is 36.4 Å². The number of urea groups is 1. The highest BCUT2D eigenvalue weighted by atomic mass is 35.5. The number of piperazine rings is 1. The summed E-state index contributed by atoms with van der Waals surface area (Å²) >= 11 is 6.12. The predicted molar refractivity (Wildman–Crippen MR) is 89.1 cm³/mol. The minimum absolute atomic E-state index is 0.000715. The number of carbonyl (C=O) groups excluding carboxylic acids is 1. The van der Waals surface area contributed by atoms with Crippen LogP contribution in [0.25, 0.3) is 0 Å². The minimum Gasteiger partial charge on any atom is -0.343 e. The summed E-state index contributed by atoms with van der Waals surface area (Å²) < 4.78 is 51.5. The number of nitrogens with zero attached hydrogens (tertiary/aromatic N) is 4. The lowest BCUT2D eigenvalue weighted by molar-refractivity contribution is -0.138. The molecule has 1 saturated heterocycles. The summed E-state index contributed by atoms with van der Waals surface area (Å²) in [5, 5.41) is 8.51. The van der Waals surface area contributed by atoms with Crippen molar-refractivity contribution >= 4 is 39.8 Å². The lowest BCUT2D eigenvalue weighted by Gasteiger charge is -2.34. The molecule has 0 radical (unpaired) electrons. The van der Waals surface area contributed by atoms with Gasteiger partial charge in [0.1, 0.15) is 5.82 Å². The Morgan fingerprint density at radius 2 is 1.88 bits per heavy atom. The lowest BCUT2D eigenvalue weighted by atomic mass is 10.3. The van der Waals surface area contributed by atoms with Gasteiger partial charge in [-0.2, -0.15) is 13.2 Å². The van der Waals surface area contributed by atoms with E-state index in [9.17, 15) is 22.4 Å². The number of aromatic nitrogens is 2. The summed E-state index contributed by atoms with van der Waals surface area (Å²) in [6.45, 7) is 1.09. The third-order valence-electron chi connectivity index (χ3n) is 3.67. The van der Waals surface area contributed by atoms with Crippen molar-refractivity contribution < 1.29 is 22.4 Å². The summed E-state index contributed by atoms with van der Waals surface area (Å²) in [4.78, 5) is 15.3. The smallest absolute Gasteiger partial charge is 0.343 e. The Balaban J connectivity index is 1.58. The Hall–Kier alpha value is -2.14. The molecule has 0 unspecified atom stereocenters. The average molecular weight is 410 g/mol. The van der Waals surface area contributed by atoms with Crippen molar-refractivity contribution in [3.05, 3.63) is 34.0 Å². The third kappa shape index (κ3) is 4.15. The number of amides is 2. The molecule has 2 heterocycles. The van der Waals surface area contributed by atoms with Gasteiger partial charge in [-0.05, 0) is 18.2 Å². The van der Waals surface area contributed by atoms with Gasteiger partial charge in [0.25, 0.3) is 0 Å². The van der Waals surface area contributed by atoms with E-state index in [0.717, 1.165) is 6.07 Å². The molecule has 1 aromatic carbocycles. The molecule has 1 aromatic heterocycles. The fourth-order valence-electron chi connectivity index (χ4n) is 2.34. The van der Waals surface area contributed by atoms with E-state index in [2.05, 4.69) is 15.5 Å². The van der Waals surface area contributed by atoms with Crippen LogP contribution in [-0.2, 0) is 6.18 Å². The number of rotatable bonds is 2. The number of nitrogens with one attached hydrogen (secondary N) is 1. The number of anilines is 2. The molecule has 26 heavy (non-hydrogen) atoms. The van der Waals surface area contributed by atoms with Crippen LogP contribution < -0.4 is 10.2 Å². The molecule has 3 rings (SSSR count). The topological polar surface area (TPSA) is 61.4 Å². The summed E-state index contributed by atoms with van der Waals surface area (Å²) in [6.07, 6.45) is -4.53. The van der Waals surface area contributed by atoms with E-state index in [-0.39, 0.29) is 28.9 Å². The Morgan fingerprint density at radius 3 is 2.46 bits per heavy atom. The van der Waals surface area contributed by atoms with Crippen LogP contribution in [0.3, 0.4) is 0 Å². The number of benzene rings is 1. The van der Waals surface area contributed by atoms with E-state index < -0.39 is 23.0 Å². The predicted octanol–water partition coefficient (Wildman–Crippen LogP) is 3.70. The molecule has 2 amide bonds. The van der Waals surface area contributed by atoms with Crippen molar-refractivity contribution in [2.45, 2.75) is 6.18 Å². The van der Waals surface area contributed by atoms with Crippen molar-refractivity contribution in [3.63, 3.8) is 0 Å². The van der Waals surface area contributed by atoms with Gasteiger partial charge in [-0.15, -0.1) is 10.2 Å². The van der Waals surface area contributed by atoms with E-state index in [0.29, 0.717) is 24.4 Å². The molecule has 1 aliphatic heterocycles. The maximum Gasteiger partial charge on any atom is 0.445 e. The maximum absolute atomic E-state index is 13.7. The van der Waals surface area contributed by atoms with Crippen molar-refractivity contribution in [2.24, 2.45) is 0 Å². The van der Waals surface area contributed by atoms with Crippen LogP contribution >= 0.6 is 22.9 Å². The van der Waals surface area contributed by atoms with Gasteiger partial charge in [0.05, 0.1) is 5.69 Å². The van der Waals surface area contributed by atoms with Crippen molar-refractivity contribution in [1.82, 2.24) is 15.1 Å². The largest absolute Gasteiger partial charge is 0.445 e. The molecule has 0 atom stereocenters. The molecule has 140 valence electrons. The second kappa shape index (κ2) is 7.23. The fourth-order valence-corrected chi connectivity index (χ4v) is 3.27. The molecule has 6 nitrogen and oxygen atoms in total. The zero-order valence-electron chi connectivity index (χ0n) is 13.1. The van der Waals surface area contributed by atoms with E-state index in [4.69, 9.17) is 11.6 Å². The van der Waals surface area contributed by atoms with E-state index in [1.807, 2.05) is 0 Å². The molecule has 1 aliphatic rings. The molecule has 0 spiro atoms. The van der Waals surface area contributed by atoms with Crippen LogP contribution in [0.4, 0.5) is 33.2 Å². The number of alkyl halides is 3. The molecular formula is C14H12ClF4N5OS. The molecule has 0 bridgehead atoms. The first-order chi connectivity index (χ1) is 12.2. The Morgan fingerprint density at radius 1 is 1.19 bits per heavy atom. The summed E-state index contributed by atoms with van der Waals surface area (Å²) in [5.41, 5.74) is 0.000715. The van der Waals surface area contributed by atoms with Crippen LogP contribution in [0.2, 0.25) is 5.02 Å². The monoisotopic (exact) mass is 409 g/mol. The van der Waals surface area contributed by atoms with Gasteiger partial charge in [-0.3, -0.25) is 0 Å². The zero-order chi connectivity index (χ0) is 18.9. The summed E-state index contributed by atoms with van der Waals surface area (Å²) in [7, 11) is 0. The Bertz CT molecular complexity index is 807. The van der Waals surface area contributed by atoms with Gasteiger partial charge in [0, 0.05) is 31.2 Å². The van der Waals surface area contributed by atoms with Gasteiger partial charge in [-0.1, -0.05) is 22.9 Å². The van der Waals surface area contributed by atoms with Crippen LogP contribution in [0.15, 0.2) is 18.2 Å². The van der Waals surface area contributed by atoms with Gasteiger partial charge < -0.3 is 15.1 Å². The molecule has 1 fully saturated rings. The normalized spacial score (nSPS) is 15.3. The SMILES string of the molecule is O=C(Nc1ccc(Cl)cc1F)N1CCN(c2nnc(C(F)(F)F)s2)CC1. The van der Waals surface area contributed by atoms with E-state index >= 15 is 0 Å². The van der Waals surface area contributed by atoms with Gasteiger partial charge in [-0.25, -0.2) is 9.18 Å². The molecule has 12 heteroatoms.